The lowest BCUT2D eigenvalue weighted by Gasteiger charge is -2.16. The molecule has 0 saturated carbocycles. The van der Waals surface area contributed by atoms with Crippen molar-refractivity contribution in [1.29, 1.82) is 0 Å². The highest BCUT2D eigenvalue weighted by Crippen LogP contribution is 2.28. The van der Waals surface area contributed by atoms with Gasteiger partial charge in [-0.1, -0.05) is 24.3 Å². The Morgan fingerprint density at radius 3 is 2.64 bits per heavy atom. The van der Waals surface area contributed by atoms with Crippen LogP contribution in [0.5, 0.6) is 0 Å². The van der Waals surface area contributed by atoms with E-state index in [2.05, 4.69) is 70.3 Å². The zero-order valence-electron chi connectivity index (χ0n) is 19.4. The summed E-state index contributed by atoms with van der Waals surface area (Å²) in [4.78, 5) is 13.9. The second-order valence-corrected chi connectivity index (χ2v) is 9.31. The Balaban J connectivity index is 1.34. The predicted molar refractivity (Wildman–Crippen MR) is 132 cm³/mol. The molecule has 6 nitrogen and oxygen atoms in total. The van der Waals surface area contributed by atoms with Crippen molar-refractivity contribution >= 4 is 16.8 Å². The van der Waals surface area contributed by atoms with Crippen molar-refractivity contribution in [3.8, 4) is 5.69 Å². The number of nitrogens with two attached hydrogens (primary N) is 1. The van der Waals surface area contributed by atoms with Crippen molar-refractivity contribution in [2.75, 3.05) is 20.1 Å². The average molecular weight is 442 g/mol. The third-order valence-electron chi connectivity index (χ3n) is 6.89. The summed E-state index contributed by atoms with van der Waals surface area (Å²) in [6.07, 6.45) is 5.94. The van der Waals surface area contributed by atoms with Crippen molar-refractivity contribution in [3.05, 3.63) is 83.3 Å². The van der Waals surface area contributed by atoms with Crippen LogP contribution >= 0.6 is 0 Å². The van der Waals surface area contributed by atoms with Crippen LogP contribution in [0.1, 0.15) is 52.5 Å². The number of fused-ring (bicyclic) bond motifs is 1. The first-order valence-corrected chi connectivity index (χ1v) is 11.7. The minimum absolute atomic E-state index is 0.282. The minimum atomic E-state index is -0.513. The Kier molecular flexibility index (Phi) is 5.77. The van der Waals surface area contributed by atoms with Crippen LogP contribution in [0.4, 0.5) is 0 Å². The third kappa shape index (κ3) is 4.44. The summed E-state index contributed by atoms with van der Waals surface area (Å²) >= 11 is 0. The normalized spacial score (nSPS) is 17.3. The molecule has 6 heteroatoms. The molecule has 2 aromatic carbocycles. The second-order valence-electron chi connectivity index (χ2n) is 9.31. The largest absolute Gasteiger partial charge is 0.364 e. The molecule has 0 radical (unpaired) electrons. The van der Waals surface area contributed by atoms with Gasteiger partial charge in [-0.25, -0.2) is 4.68 Å². The molecular weight excluding hydrogens is 410 g/mol. The van der Waals surface area contributed by atoms with E-state index in [9.17, 15) is 4.79 Å². The maximum Gasteiger partial charge on any atom is 0.269 e. The van der Waals surface area contributed by atoms with Gasteiger partial charge in [0.15, 0.2) is 5.69 Å². The Labute approximate surface area is 194 Å². The van der Waals surface area contributed by atoms with Gasteiger partial charge in [-0.15, -0.1) is 0 Å². The molecule has 0 unspecified atom stereocenters. The van der Waals surface area contributed by atoms with Gasteiger partial charge in [-0.2, -0.15) is 5.10 Å². The number of hydrogen-bond acceptors (Lipinski definition) is 3. The first-order valence-electron chi connectivity index (χ1n) is 11.7. The molecule has 2 N–H and O–H groups in total. The number of carbonyl (C=O) groups is 1. The van der Waals surface area contributed by atoms with Gasteiger partial charge in [-0.3, -0.25) is 4.79 Å². The first-order chi connectivity index (χ1) is 16.0. The topological polar surface area (TPSA) is 69.1 Å². The fourth-order valence-electron chi connectivity index (χ4n) is 4.98. The highest BCUT2D eigenvalue weighted by atomic mass is 16.1. The maximum absolute atomic E-state index is 11.5. The lowest BCUT2D eigenvalue weighted by molar-refractivity contribution is 0.0995. The van der Waals surface area contributed by atoms with Gasteiger partial charge in [0.05, 0.1) is 5.69 Å². The number of nitrogens with zero attached hydrogens (tertiary/aromatic N) is 4. The van der Waals surface area contributed by atoms with Crippen LogP contribution in [-0.4, -0.2) is 45.3 Å². The van der Waals surface area contributed by atoms with E-state index in [4.69, 9.17) is 5.73 Å². The van der Waals surface area contributed by atoms with E-state index in [0.29, 0.717) is 5.92 Å². The van der Waals surface area contributed by atoms with Gasteiger partial charge in [0, 0.05) is 29.3 Å². The third-order valence-corrected chi connectivity index (χ3v) is 6.89. The van der Waals surface area contributed by atoms with Crippen molar-refractivity contribution in [3.63, 3.8) is 0 Å². The monoisotopic (exact) mass is 441 g/mol. The molecule has 1 fully saturated rings. The Bertz CT molecular complexity index is 1280. The molecule has 3 heterocycles. The molecule has 1 amide bonds. The number of aromatic nitrogens is 3. The summed E-state index contributed by atoms with van der Waals surface area (Å²) in [6.45, 7) is 5.16. The molecular formula is C27H31N5O. The average Bonchev–Trinajstić information content (AvgIpc) is 3.32. The van der Waals surface area contributed by atoms with Crippen LogP contribution < -0.4 is 5.73 Å². The van der Waals surface area contributed by atoms with Crippen LogP contribution in [0.15, 0.2) is 60.8 Å². The summed E-state index contributed by atoms with van der Waals surface area (Å²) in [6, 6.07) is 19.3. The highest BCUT2D eigenvalue weighted by molar-refractivity contribution is 5.91. The Hall–Kier alpha value is -3.38. The van der Waals surface area contributed by atoms with Crippen LogP contribution in [0.3, 0.4) is 0 Å². The number of primary amides is 1. The minimum Gasteiger partial charge on any atom is -0.364 e. The molecule has 1 saturated heterocycles. The molecule has 5 rings (SSSR count). The van der Waals surface area contributed by atoms with Crippen molar-refractivity contribution in [2.24, 2.45) is 5.73 Å². The molecule has 2 aromatic heterocycles. The van der Waals surface area contributed by atoms with Gasteiger partial charge < -0.3 is 15.2 Å². The summed E-state index contributed by atoms with van der Waals surface area (Å²) < 4.78 is 4.04. The van der Waals surface area contributed by atoms with Gasteiger partial charge in [0.1, 0.15) is 0 Å². The molecule has 1 aliphatic heterocycles. The summed E-state index contributed by atoms with van der Waals surface area (Å²) in [7, 11) is 2.23. The predicted octanol–water partition coefficient (Wildman–Crippen LogP) is 4.48. The molecule has 0 aliphatic carbocycles. The second kappa shape index (κ2) is 8.87. The number of carbonyl (C=O) groups excluding carboxylic acids is 1. The van der Waals surface area contributed by atoms with Gasteiger partial charge >= 0.3 is 0 Å². The number of benzene rings is 2. The van der Waals surface area contributed by atoms with E-state index in [-0.39, 0.29) is 5.69 Å². The van der Waals surface area contributed by atoms with E-state index in [1.54, 1.807) is 10.7 Å². The van der Waals surface area contributed by atoms with Gasteiger partial charge in [-0.05, 0) is 93.7 Å². The van der Waals surface area contributed by atoms with Gasteiger partial charge in [0.2, 0.25) is 0 Å². The van der Waals surface area contributed by atoms with E-state index in [1.165, 1.54) is 49.0 Å². The molecule has 33 heavy (non-hydrogen) atoms. The summed E-state index contributed by atoms with van der Waals surface area (Å²) in [5.41, 5.74) is 11.4. The highest BCUT2D eigenvalue weighted by Gasteiger charge is 2.16. The number of likely N-dealkylation sites (tertiary alicyclic amines) is 1. The van der Waals surface area contributed by atoms with E-state index in [1.807, 2.05) is 13.0 Å². The molecule has 170 valence electrons. The van der Waals surface area contributed by atoms with E-state index < -0.39 is 5.91 Å². The molecule has 0 bridgehead atoms. The molecule has 0 spiro atoms. The SMILES string of the molecule is Cc1cc(C(N)=O)nn1-c1ccc2c(ccn2Cc2ccc([C@@H]3CCCN(C)CC3)cc2)c1. The van der Waals surface area contributed by atoms with Crippen molar-refractivity contribution in [2.45, 2.75) is 38.6 Å². The summed E-state index contributed by atoms with van der Waals surface area (Å²) in [5.74, 6) is 0.164. The Morgan fingerprint density at radius 1 is 1.06 bits per heavy atom. The van der Waals surface area contributed by atoms with E-state index >= 15 is 0 Å². The molecule has 1 atom stereocenters. The lowest BCUT2D eigenvalue weighted by Crippen LogP contribution is -2.18. The zero-order chi connectivity index (χ0) is 22.9. The lowest BCUT2D eigenvalue weighted by atomic mass is 9.91. The smallest absolute Gasteiger partial charge is 0.269 e. The van der Waals surface area contributed by atoms with Gasteiger partial charge in [0.25, 0.3) is 5.91 Å². The molecule has 1 aliphatic rings. The zero-order valence-corrected chi connectivity index (χ0v) is 19.4. The standard InChI is InChI=1S/C27H31N5O/c1-19-16-25(27(28)33)29-32(19)24-9-10-26-23(17-24)12-15-31(26)18-20-5-7-22(8-6-20)21-4-3-13-30(2)14-11-21/h5-10,12,15-17,21H,3-4,11,13-14,18H2,1-2H3,(H2,28,33)/t21-/m1/s1. The van der Waals surface area contributed by atoms with Crippen LogP contribution in [0.2, 0.25) is 0 Å². The quantitative estimate of drug-likeness (QED) is 0.496. The number of hydrogen-bond donors (Lipinski definition) is 1. The van der Waals surface area contributed by atoms with Crippen LogP contribution in [-0.2, 0) is 6.54 Å². The fraction of sp³-hybridized carbons (Fsp3) is 0.333. The van der Waals surface area contributed by atoms with Crippen molar-refractivity contribution < 1.29 is 4.79 Å². The summed E-state index contributed by atoms with van der Waals surface area (Å²) in [5, 5.41) is 5.49. The fourth-order valence-corrected chi connectivity index (χ4v) is 4.98. The molecule has 4 aromatic rings. The van der Waals surface area contributed by atoms with E-state index in [0.717, 1.165) is 23.3 Å². The Morgan fingerprint density at radius 2 is 1.88 bits per heavy atom. The number of amides is 1. The number of rotatable bonds is 5. The van der Waals surface area contributed by atoms with Crippen LogP contribution in [0.25, 0.3) is 16.6 Å². The van der Waals surface area contributed by atoms with Crippen LogP contribution in [0, 0.1) is 6.92 Å². The number of aryl methyl sites for hydroxylation is 1. The first kappa shape index (κ1) is 21.5. The maximum atomic E-state index is 11.5. The van der Waals surface area contributed by atoms with Crippen molar-refractivity contribution in [1.82, 2.24) is 19.2 Å².